The van der Waals surface area contributed by atoms with Crippen LogP contribution in [0.15, 0.2) is 28.7 Å². The third kappa shape index (κ3) is 2.92. The van der Waals surface area contributed by atoms with Crippen LogP contribution >= 0.6 is 15.9 Å². The molecule has 17 heavy (non-hydrogen) atoms. The molecule has 0 aromatic heterocycles. The number of hydrogen-bond donors (Lipinski definition) is 1. The lowest BCUT2D eigenvalue weighted by molar-refractivity contribution is 0.406. The van der Waals surface area contributed by atoms with Crippen LogP contribution in [0.2, 0.25) is 0 Å². The number of hydrogen-bond acceptors (Lipinski definition) is 1. The molecule has 1 nitrogen and oxygen atoms in total. The van der Waals surface area contributed by atoms with E-state index >= 15 is 0 Å². The predicted octanol–water partition coefficient (Wildman–Crippen LogP) is 4.11. The first kappa shape index (κ1) is 13.1. The Morgan fingerprint density at radius 2 is 2.00 bits per heavy atom. The summed E-state index contributed by atoms with van der Waals surface area (Å²) in [6, 6.07) is 8.62. The Kier molecular flexibility index (Phi) is 3.39. The second kappa shape index (κ2) is 4.40. The van der Waals surface area contributed by atoms with Gasteiger partial charge in [0.2, 0.25) is 0 Å². The maximum absolute atomic E-state index is 3.67. The van der Waals surface area contributed by atoms with Gasteiger partial charge >= 0.3 is 0 Å². The Labute approximate surface area is 113 Å². The maximum Gasteiger partial charge on any atom is 0.0212 e. The van der Waals surface area contributed by atoms with E-state index in [0.29, 0.717) is 5.41 Å². The predicted molar refractivity (Wildman–Crippen MR) is 77.4 cm³/mol. The molecule has 1 aromatic rings. The maximum atomic E-state index is 3.67. The van der Waals surface area contributed by atoms with E-state index in [-0.39, 0.29) is 5.54 Å². The van der Waals surface area contributed by atoms with E-state index in [1.165, 1.54) is 16.5 Å². The van der Waals surface area contributed by atoms with Crippen LogP contribution in [0.4, 0.5) is 0 Å². The van der Waals surface area contributed by atoms with Crippen molar-refractivity contribution in [2.24, 2.45) is 5.92 Å². The zero-order valence-electron chi connectivity index (χ0n) is 11.2. The minimum absolute atomic E-state index is 0.220. The van der Waals surface area contributed by atoms with Crippen LogP contribution in [-0.4, -0.2) is 12.1 Å². The monoisotopic (exact) mass is 295 g/mol. The number of nitrogens with one attached hydrogen (secondary N) is 1. The van der Waals surface area contributed by atoms with Crippen molar-refractivity contribution in [1.82, 2.24) is 5.32 Å². The Bertz CT molecular complexity index is 408. The fraction of sp³-hybridized carbons (Fsp3) is 0.600. The summed E-state index contributed by atoms with van der Waals surface area (Å²) < 4.78 is 1.25. The standard InChI is InChI=1S/C15H22BrN/c1-14(2,3)17-10-11-9-15(11,4)12-7-5-6-8-13(12)16/h5-8,11,17H,9-10H2,1-4H3. The van der Waals surface area contributed by atoms with E-state index in [1.54, 1.807) is 0 Å². The molecule has 0 saturated heterocycles. The van der Waals surface area contributed by atoms with Crippen LogP contribution in [0.5, 0.6) is 0 Å². The molecule has 94 valence electrons. The Hall–Kier alpha value is -0.340. The quantitative estimate of drug-likeness (QED) is 0.885. The van der Waals surface area contributed by atoms with Gasteiger partial charge in [0.05, 0.1) is 0 Å². The fourth-order valence-electron chi connectivity index (χ4n) is 2.43. The summed E-state index contributed by atoms with van der Waals surface area (Å²) in [7, 11) is 0. The smallest absolute Gasteiger partial charge is 0.0212 e. The molecule has 2 heteroatoms. The van der Waals surface area contributed by atoms with Crippen LogP contribution in [0.25, 0.3) is 0 Å². The molecule has 1 aliphatic carbocycles. The topological polar surface area (TPSA) is 12.0 Å². The molecule has 2 atom stereocenters. The van der Waals surface area contributed by atoms with Crippen LogP contribution in [0.3, 0.4) is 0 Å². The highest BCUT2D eigenvalue weighted by molar-refractivity contribution is 9.10. The largest absolute Gasteiger partial charge is 0.312 e. The molecule has 1 fully saturated rings. The van der Waals surface area contributed by atoms with E-state index in [1.807, 2.05) is 0 Å². The van der Waals surface area contributed by atoms with Crippen molar-refractivity contribution in [3.63, 3.8) is 0 Å². The first-order valence-corrected chi connectivity index (χ1v) is 7.12. The summed E-state index contributed by atoms with van der Waals surface area (Å²) >= 11 is 3.67. The number of rotatable bonds is 3. The molecule has 1 saturated carbocycles. The molecule has 1 N–H and O–H groups in total. The molecule has 0 amide bonds. The van der Waals surface area contributed by atoms with Gasteiger partial charge in [-0.25, -0.2) is 0 Å². The molecule has 0 aliphatic heterocycles. The molecule has 1 aromatic carbocycles. The van der Waals surface area contributed by atoms with E-state index in [0.717, 1.165) is 12.5 Å². The van der Waals surface area contributed by atoms with Gasteiger partial charge in [-0.3, -0.25) is 0 Å². The van der Waals surface area contributed by atoms with Crippen LogP contribution < -0.4 is 5.32 Å². The molecular formula is C15H22BrN. The van der Waals surface area contributed by atoms with Gasteiger partial charge in [-0.1, -0.05) is 41.1 Å². The van der Waals surface area contributed by atoms with E-state index in [2.05, 4.69) is 73.2 Å². The van der Waals surface area contributed by atoms with Gasteiger partial charge in [-0.15, -0.1) is 0 Å². The van der Waals surface area contributed by atoms with Crippen molar-refractivity contribution in [2.75, 3.05) is 6.54 Å². The second-order valence-electron chi connectivity index (χ2n) is 6.43. The minimum Gasteiger partial charge on any atom is -0.312 e. The van der Waals surface area contributed by atoms with Gasteiger partial charge in [-0.05, 0) is 56.7 Å². The van der Waals surface area contributed by atoms with Crippen LogP contribution in [0, 0.1) is 5.92 Å². The Morgan fingerprint density at radius 1 is 1.35 bits per heavy atom. The summed E-state index contributed by atoms with van der Waals surface area (Å²) in [5.74, 6) is 0.764. The average Bonchev–Trinajstić information content (AvgIpc) is 2.88. The summed E-state index contributed by atoms with van der Waals surface area (Å²) in [4.78, 5) is 0. The second-order valence-corrected chi connectivity index (χ2v) is 7.28. The lowest BCUT2D eigenvalue weighted by atomic mass is 9.95. The lowest BCUT2D eigenvalue weighted by Gasteiger charge is -2.22. The summed E-state index contributed by atoms with van der Waals surface area (Å²) in [6.07, 6.45) is 1.29. The molecular weight excluding hydrogens is 274 g/mol. The van der Waals surface area contributed by atoms with Gasteiger partial charge in [-0.2, -0.15) is 0 Å². The van der Waals surface area contributed by atoms with Crippen molar-refractivity contribution in [3.05, 3.63) is 34.3 Å². The molecule has 0 spiro atoms. The highest BCUT2D eigenvalue weighted by Gasteiger charge is 2.51. The summed E-state index contributed by atoms with van der Waals surface area (Å²) in [5, 5.41) is 3.61. The molecule has 0 bridgehead atoms. The van der Waals surface area contributed by atoms with Crippen molar-refractivity contribution in [3.8, 4) is 0 Å². The number of halogens is 1. The molecule has 0 heterocycles. The van der Waals surface area contributed by atoms with Crippen molar-refractivity contribution < 1.29 is 0 Å². The van der Waals surface area contributed by atoms with Gasteiger partial charge < -0.3 is 5.32 Å². The normalized spacial score (nSPS) is 28.2. The summed E-state index contributed by atoms with van der Waals surface area (Å²) in [5.41, 5.74) is 2.04. The van der Waals surface area contributed by atoms with E-state index in [9.17, 15) is 0 Å². The zero-order chi connectivity index (χ0) is 12.7. The highest BCUT2D eigenvalue weighted by atomic mass is 79.9. The van der Waals surface area contributed by atoms with Crippen molar-refractivity contribution >= 4 is 15.9 Å². The highest BCUT2D eigenvalue weighted by Crippen LogP contribution is 2.55. The molecule has 1 aliphatic rings. The minimum atomic E-state index is 0.220. The molecule has 2 rings (SSSR count). The average molecular weight is 296 g/mol. The van der Waals surface area contributed by atoms with Crippen molar-refractivity contribution in [2.45, 2.75) is 45.1 Å². The third-order valence-electron chi connectivity index (χ3n) is 3.78. The van der Waals surface area contributed by atoms with Crippen LogP contribution in [-0.2, 0) is 5.41 Å². The third-order valence-corrected chi connectivity index (χ3v) is 4.47. The van der Waals surface area contributed by atoms with Gasteiger partial charge in [0, 0.05) is 10.0 Å². The lowest BCUT2D eigenvalue weighted by Crippen LogP contribution is -2.37. The summed E-state index contributed by atoms with van der Waals surface area (Å²) in [6.45, 7) is 10.2. The first-order valence-electron chi connectivity index (χ1n) is 6.33. The van der Waals surface area contributed by atoms with Crippen molar-refractivity contribution in [1.29, 1.82) is 0 Å². The fourth-order valence-corrected chi connectivity index (χ4v) is 3.17. The Morgan fingerprint density at radius 3 is 2.59 bits per heavy atom. The van der Waals surface area contributed by atoms with Crippen LogP contribution in [0.1, 0.15) is 39.7 Å². The molecule has 0 radical (unpaired) electrons. The molecule has 2 unspecified atom stereocenters. The SMILES string of the molecule is CC(C)(C)NCC1CC1(C)c1ccccc1Br. The van der Waals surface area contributed by atoms with E-state index < -0.39 is 0 Å². The van der Waals surface area contributed by atoms with Gasteiger partial charge in [0.15, 0.2) is 0 Å². The Balaban J connectivity index is 2.03. The number of benzene rings is 1. The van der Waals surface area contributed by atoms with Gasteiger partial charge in [0.25, 0.3) is 0 Å². The van der Waals surface area contributed by atoms with E-state index in [4.69, 9.17) is 0 Å². The first-order chi connectivity index (χ1) is 7.83. The van der Waals surface area contributed by atoms with Gasteiger partial charge in [0.1, 0.15) is 0 Å². The zero-order valence-corrected chi connectivity index (χ0v) is 12.8.